The zero-order valence-corrected chi connectivity index (χ0v) is 75.2. The molecule has 9 nitrogen and oxygen atoms in total. The van der Waals surface area contributed by atoms with E-state index in [0.29, 0.717) is 5.82 Å². The highest BCUT2D eigenvalue weighted by Crippen LogP contribution is 2.48. The van der Waals surface area contributed by atoms with Crippen molar-refractivity contribution in [1.29, 1.82) is 0 Å². The number of nitrogens with zero attached hydrogens (tertiary/aromatic N) is 9. The number of rotatable bonds is 13. The van der Waals surface area contributed by atoms with Gasteiger partial charge in [0, 0.05) is 118 Å². The summed E-state index contributed by atoms with van der Waals surface area (Å²) in [6.45, 7) is 0. The number of pyridine rings is 3. The molecule has 632 valence electrons. The van der Waals surface area contributed by atoms with Crippen molar-refractivity contribution < 1.29 is 0 Å². The fraction of sp³-hybridized carbons (Fsp3) is 0. The van der Waals surface area contributed by atoms with Crippen LogP contribution >= 0.6 is 34.0 Å². The molecule has 27 aromatic rings. The lowest BCUT2D eigenvalue weighted by molar-refractivity contribution is 1.10. The molecule has 12 heteroatoms. The van der Waals surface area contributed by atoms with Gasteiger partial charge in [0.25, 0.3) is 0 Å². The summed E-state index contributed by atoms with van der Waals surface area (Å²) in [5.74, 6) is 2.57. The second-order valence-corrected chi connectivity index (χ2v) is 36.9. The molecule has 0 spiro atoms. The third kappa shape index (κ3) is 14.8. The van der Waals surface area contributed by atoms with E-state index in [1.807, 2.05) is 82.5 Å². The van der Waals surface area contributed by atoms with Crippen LogP contribution < -0.4 is 0 Å². The SMILES string of the molecule is c1ccc(-c2ccc(-c3cc(-c4ccccc4)nc(-c4ccc(-c5nc6ccccc6c6c5sc5ccccc56)cc4)n3)cc2)cc1.c1ccc(-c2nc3ccccc3n2-c2ccc(-c3cccc(-c4nc5ccccc5c5c4sc4ccccc45)c3)cc2)cc1.c1ccc(-n2c(-c3ccc(-c4cccc(-c5nc6ccccc6c6c5sc5ccccc56)c4)cc3)nc3ccccc32)cc1. The normalized spacial score (nSPS) is 11.6. The van der Waals surface area contributed by atoms with Gasteiger partial charge in [0.1, 0.15) is 11.6 Å². The van der Waals surface area contributed by atoms with Gasteiger partial charge < -0.3 is 0 Å². The van der Waals surface area contributed by atoms with E-state index in [1.165, 1.54) is 87.8 Å². The van der Waals surface area contributed by atoms with E-state index in [2.05, 4.69) is 428 Å². The van der Waals surface area contributed by atoms with Crippen LogP contribution in [-0.4, -0.2) is 44.0 Å². The molecule has 9 aromatic heterocycles. The van der Waals surface area contributed by atoms with Crippen LogP contribution in [0.5, 0.6) is 0 Å². The first kappa shape index (κ1) is 80.0. The van der Waals surface area contributed by atoms with Crippen molar-refractivity contribution in [3.8, 4) is 135 Å². The Balaban J connectivity index is 0.000000108. The number of fused-ring (bicyclic) bond motifs is 17. The molecule has 0 N–H and O–H groups in total. The minimum atomic E-state index is 0.693. The number of para-hydroxylation sites is 8. The van der Waals surface area contributed by atoms with Gasteiger partial charge >= 0.3 is 0 Å². The molecule has 0 atom stereocenters. The number of aromatic nitrogens is 9. The zero-order chi connectivity index (χ0) is 89.2. The molecule has 135 heavy (non-hydrogen) atoms. The molecule has 0 amide bonds. The Bertz CT molecular complexity index is 9210. The van der Waals surface area contributed by atoms with E-state index in [9.17, 15) is 0 Å². The highest BCUT2D eigenvalue weighted by Gasteiger charge is 2.24. The van der Waals surface area contributed by atoms with Crippen LogP contribution in [0.3, 0.4) is 0 Å². The highest BCUT2D eigenvalue weighted by atomic mass is 32.1. The topological polar surface area (TPSA) is 100 Å². The lowest BCUT2D eigenvalue weighted by Crippen LogP contribution is -1.97. The van der Waals surface area contributed by atoms with Crippen molar-refractivity contribution in [2.45, 2.75) is 0 Å². The van der Waals surface area contributed by atoms with E-state index in [1.54, 1.807) is 0 Å². The van der Waals surface area contributed by atoms with Crippen LogP contribution in [0.4, 0.5) is 0 Å². The molecule has 27 rings (SSSR count). The Kier molecular flexibility index (Phi) is 20.3. The maximum atomic E-state index is 5.22. The summed E-state index contributed by atoms with van der Waals surface area (Å²) in [5.41, 5.74) is 29.8. The van der Waals surface area contributed by atoms with Crippen LogP contribution in [-0.2, 0) is 0 Å². The zero-order valence-electron chi connectivity index (χ0n) is 72.7. The quantitative estimate of drug-likeness (QED) is 0.113. The average molecular weight is 1780 g/mol. The first-order chi connectivity index (χ1) is 66.9. The van der Waals surface area contributed by atoms with Gasteiger partial charge in [-0.25, -0.2) is 34.9 Å². The Morgan fingerprint density at radius 3 is 0.896 bits per heavy atom. The van der Waals surface area contributed by atoms with Crippen LogP contribution in [0.25, 0.3) is 250 Å². The van der Waals surface area contributed by atoms with Crippen molar-refractivity contribution in [2.75, 3.05) is 0 Å². The number of imidazole rings is 2. The van der Waals surface area contributed by atoms with Crippen molar-refractivity contribution in [3.05, 3.63) is 467 Å². The predicted octanol–water partition coefficient (Wildman–Crippen LogP) is 33.6. The van der Waals surface area contributed by atoms with Crippen LogP contribution in [0.1, 0.15) is 0 Å². The third-order valence-electron chi connectivity index (χ3n) is 25.5. The molecule has 0 unspecified atom stereocenters. The molecule has 0 aliphatic carbocycles. The summed E-state index contributed by atoms with van der Waals surface area (Å²) in [7, 11) is 0. The van der Waals surface area contributed by atoms with Gasteiger partial charge in [0.15, 0.2) is 5.82 Å². The van der Waals surface area contributed by atoms with E-state index >= 15 is 0 Å². The van der Waals surface area contributed by atoms with Crippen molar-refractivity contribution >= 4 is 149 Å². The summed E-state index contributed by atoms with van der Waals surface area (Å²) in [4.78, 5) is 35.8. The largest absolute Gasteiger partial charge is 0.292 e. The molecule has 9 heterocycles. The Hall–Kier alpha value is -17.1. The predicted molar refractivity (Wildman–Crippen MR) is 569 cm³/mol. The molecular weight excluding hydrogens is 1700 g/mol. The van der Waals surface area contributed by atoms with E-state index in [4.69, 9.17) is 34.9 Å². The van der Waals surface area contributed by atoms with Crippen LogP contribution in [0, 0.1) is 0 Å². The number of thiophene rings is 3. The summed E-state index contributed by atoms with van der Waals surface area (Å²) in [5, 5.41) is 11.3. The molecular formula is C123H77N9S3. The lowest BCUT2D eigenvalue weighted by atomic mass is 9.98. The second kappa shape index (κ2) is 34.3. The highest BCUT2D eigenvalue weighted by molar-refractivity contribution is 7.27. The Morgan fingerprint density at radius 2 is 0.452 bits per heavy atom. The number of benzene rings is 18. The lowest BCUT2D eigenvalue weighted by Gasteiger charge is -2.12. The van der Waals surface area contributed by atoms with Crippen molar-refractivity contribution in [2.24, 2.45) is 0 Å². The van der Waals surface area contributed by atoms with Crippen LogP contribution in [0.15, 0.2) is 467 Å². The van der Waals surface area contributed by atoms with Crippen LogP contribution in [0.2, 0.25) is 0 Å². The second-order valence-electron chi connectivity index (χ2n) is 33.7. The molecule has 18 aromatic carbocycles. The van der Waals surface area contributed by atoms with Crippen molar-refractivity contribution in [3.63, 3.8) is 0 Å². The van der Waals surface area contributed by atoms with Gasteiger partial charge in [-0.3, -0.25) is 9.13 Å². The number of hydrogen-bond acceptors (Lipinski definition) is 10. The van der Waals surface area contributed by atoms with Crippen molar-refractivity contribution in [1.82, 2.24) is 44.0 Å². The van der Waals surface area contributed by atoms with Gasteiger partial charge in [-0.05, 0) is 137 Å². The maximum absolute atomic E-state index is 5.22. The minimum Gasteiger partial charge on any atom is -0.292 e. The third-order valence-corrected chi connectivity index (χ3v) is 29.1. The summed E-state index contributed by atoms with van der Waals surface area (Å²) >= 11 is 5.47. The fourth-order valence-electron chi connectivity index (χ4n) is 19.0. The van der Waals surface area contributed by atoms with E-state index in [0.717, 1.165) is 157 Å². The smallest absolute Gasteiger partial charge is 0.160 e. The standard InChI is InChI=1S/C43H27N3S.2C40H25N3S/c1-3-11-28(12-4-1)29-19-21-31(22-20-29)38-27-37(30-13-5-2-6-14-30)45-43(46-38)33-25-23-32(24-26-33)41-42-40(34-15-7-9-17-36(34)44-41)35-16-8-10-18-39(35)47-42;1-2-13-30(14-3-1)43-35-19-8-7-18-34(35)42-40(43)27-23-21-26(22-24-27)28-11-10-12-29(25-28)38-39-37(31-15-4-6-17-33(31)41-38)32-16-5-9-20-36(32)44-39;1-2-11-27(12-3-1)40-42-34-18-7-8-19-35(34)43(40)30-23-21-26(22-24-30)28-13-10-14-29(25-28)38-39-37(31-15-4-6-17-33(31)41-38)32-16-5-9-20-36(32)44-39/h1-27H;2*1-25H. The molecule has 0 aliphatic rings. The van der Waals surface area contributed by atoms with E-state index in [-0.39, 0.29) is 0 Å². The molecule has 0 fully saturated rings. The number of hydrogen-bond donors (Lipinski definition) is 0. The molecule has 0 bridgehead atoms. The summed E-state index contributed by atoms with van der Waals surface area (Å²) in [6, 6.07) is 164. The van der Waals surface area contributed by atoms with Gasteiger partial charge in [-0.15, -0.1) is 34.0 Å². The maximum Gasteiger partial charge on any atom is 0.160 e. The molecule has 0 radical (unpaired) electrons. The average Bonchev–Trinajstić information content (AvgIpc) is 1.58. The Labute approximate surface area is 789 Å². The van der Waals surface area contributed by atoms with E-state index < -0.39 is 0 Å². The van der Waals surface area contributed by atoms with Gasteiger partial charge in [0.2, 0.25) is 0 Å². The van der Waals surface area contributed by atoms with Gasteiger partial charge in [-0.2, -0.15) is 0 Å². The van der Waals surface area contributed by atoms with Gasteiger partial charge in [-0.1, -0.05) is 364 Å². The summed E-state index contributed by atoms with van der Waals surface area (Å²) < 4.78 is 12.0. The molecule has 0 saturated carbocycles. The minimum absolute atomic E-state index is 0.693. The fourth-order valence-corrected chi connectivity index (χ4v) is 22.7. The first-order valence-corrected chi connectivity index (χ1v) is 47.7. The Morgan fingerprint density at radius 1 is 0.170 bits per heavy atom. The summed E-state index contributed by atoms with van der Waals surface area (Å²) in [6.07, 6.45) is 0. The monoisotopic (exact) mass is 1780 g/mol. The molecule has 0 saturated heterocycles. The molecule has 0 aliphatic heterocycles. The van der Waals surface area contributed by atoms with Gasteiger partial charge in [0.05, 0.1) is 81.2 Å². The first-order valence-electron chi connectivity index (χ1n) is 45.2.